The third-order valence-electron chi connectivity index (χ3n) is 5.57. The molecule has 5 rings (SSSR count). The third-order valence-corrected chi connectivity index (χ3v) is 7.21. The van der Waals surface area contributed by atoms with Gasteiger partial charge in [0, 0.05) is 15.1 Å². The third kappa shape index (κ3) is 5.09. The van der Waals surface area contributed by atoms with Gasteiger partial charge in [0.25, 0.3) is 11.1 Å². The molecule has 1 aliphatic heterocycles. The fraction of sp³-hybridized carbons (Fsp3) is 0.0357. The number of nitrogens with zero attached hydrogens (tertiary/aromatic N) is 1. The Hall–Kier alpha value is -3.39. The van der Waals surface area contributed by atoms with Gasteiger partial charge in [-0.2, -0.15) is 0 Å². The van der Waals surface area contributed by atoms with Crippen molar-refractivity contribution in [1.29, 1.82) is 0 Å². The number of ether oxygens (including phenoxy) is 1. The fourth-order valence-corrected chi connectivity index (χ4v) is 5.30. The van der Waals surface area contributed by atoms with E-state index in [2.05, 4.69) is 15.9 Å². The topological polar surface area (TPSA) is 63.7 Å². The summed E-state index contributed by atoms with van der Waals surface area (Å²) in [6.07, 6.45) is 1.57. The predicted octanol–water partition coefficient (Wildman–Crippen LogP) is 7.71. The number of esters is 1. The van der Waals surface area contributed by atoms with Crippen molar-refractivity contribution in [3.8, 4) is 5.75 Å². The lowest BCUT2D eigenvalue weighted by Gasteiger charge is -2.13. The molecule has 0 unspecified atom stereocenters. The molecule has 0 aliphatic carbocycles. The molecule has 0 N–H and O–H groups in total. The van der Waals surface area contributed by atoms with Crippen molar-refractivity contribution in [3.05, 3.63) is 116 Å². The van der Waals surface area contributed by atoms with Gasteiger partial charge in [-0.05, 0) is 70.6 Å². The number of imide groups is 1. The van der Waals surface area contributed by atoms with Gasteiger partial charge >= 0.3 is 5.97 Å². The van der Waals surface area contributed by atoms with Crippen molar-refractivity contribution in [2.45, 2.75) is 6.54 Å². The van der Waals surface area contributed by atoms with Gasteiger partial charge in [-0.25, -0.2) is 4.79 Å². The minimum Gasteiger partial charge on any atom is -0.422 e. The average Bonchev–Trinajstić information content (AvgIpc) is 3.12. The molecular formula is C28H17BrClNO4S. The quantitative estimate of drug-likeness (QED) is 0.138. The van der Waals surface area contributed by atoms with Crippen LogP contribution in [0.25, 0.3) is 16.8 Å². The number of fused-ring (bicyclic) bond motifs is 1. The summed E-state index contributed by atoms with van der Waals surface area (Å²) < 4.78 is 6.50. The van der Waals surface area contributed by atoms with Crippen LogP contribution in [0.15, 0.2) is 94.3 Å². The van der Waals surface area contributed by atoms with Gasteiger partial charge in [0.15, 0.2) is 0 Å². The van der Waals surface area contributed by atoms with Crippen LogP contribution in [0.4, 0.5) is 4.79 Å². The Labute approximate surface area is 224 Å². The molecule has 178 valence electrons. The molecule has 4 aromatic rings. The number of carbonyl (C=O) groups excluding carboxylic acids is 3. The van der Waals surface area contributed by atoms with E-state index in [0.717, 1.165) is 32.6 Å². The monoisotopic (exact) mass is 577 g/mol. The molecule has 1 saturated heterocycles. The van der Waals surface area contributed by atoms with Gasteiger partial charge in [0.1, 0.15) is 5.75 Å². The molecule has 36 heavy (non-hydrogen) atoms. The lowest BCUT2D eigenvalue weighted by molar-refractivity contribution is -0.123. The van der Waals surface area contributed by atoms with E-state index in [9.17, 15) is 14.4 Å². The summed E-state index contributed by atoms with van der Waals surface area (Å²) in [5.74, 6) is -0.660. The molecule has 1 aliphatic rings. The van der Waals surface area contributed by atoms with Crippen LogP contribution < -0.4 is 4.74 Å². The molecule has 1 fully saturated rings. The maximum absolute atomic E-state index is 13.1. The van der Waals surface area contributed by atoms with Crippen LogP contribution in [-0.2, 0) is 11.3 Å². The molecule has 4 aromatic carbocycles. The van der Waals surface area contributed by atoms with E-state index < -0.39 is 11.9 Å². The first-order valence-electron chi connectivity index (χ1n) is 10.9. The van der Waals surface area contributed by atoms with Crippen molar-refractivity contribution in [2.24, 2.45) is 0 Å². The Morgan fingerprint density at radius 3 is 2.58 bits per heavy atom. The summed E-state index contributed by atoms with van der Waals surface area (Å²) in [6, 6.07) is 25.1. The van der Waals surface area contributed by atoms with Crippen LogP contribution in [0.2, 0.25) is 5.02 Å². The first-order chi connectivity index (χ1) is 17.4. The summed E-state index contributed by atoms with van der Waals surface area (Å²) in [5, 5.41) is 1.86. The highest BCUT2D eigenvalue weighted by Crippen LogP contribution is 2.36. The average molecular weight is 579 g/mol. The number of amides is 2. The Morgan fingerprint density at radius 2 is 1.75 bits per heavy atom. The zero-order valence-electron chi connectivity index (χ0n) is 18.6. The summed E-state index contributed by atoms with van der Waals surface area (Å²) in [5.41, 5.74) is 1.67. The molecule has 0 spiro atoms. The van der Waals surface area contributed by atoms with Gasteiger partial charge in [-0.3, -0.25) is 14.5 Å². The van der Waals surface area contributed by atoms with Gasteiger partial charge in [0.2, 0.25) is 0 Å². The van der Waals surface area contributed by atoms with E-state index in [0.29, 0.717) is 16.1 Å². The zero-order valence-corrected chi connectivity index (χ0v) is 21.8. The molecule has 0 bridgehead atoms. The van der Waals surface area contributed by atoms with Crippen LogP contribution in [-0.4, -0.2) is 22.0 Å². The van der Waals surface area contributed by atoms with Crippen molar-refractivity contribution in [1.82, 2.24) is 4.90 Å². The summed E-state index contributed by atoms with van der Waals surface area (Å²) in [7, 11) is 0. The summed E-state index contributed by atoms with van der Waals surface area (Å²) in [4.78, 5) is 40.2. The smallest absolute Gasteiger partial charge is 0.344 e. The first-order valence-corrected chi connectivity index (χ1v) is 12.9. The van der Waals surface area contributed by atoms with Crippen molar-refractivity contribution >= 4 is 73.3 Å². The normalized spacial score (nSPS) is 14.6. The van der Waals surface area contributed by atoms with Crippen LogP contribution in [0.3, 0.4) is 0 Å². The van der Waals surface area contributed by atoms with E-state index in [1.54, 1.807) is 60.7 Å². The van der Waals surface area contributed by atoms with Crippen molar-refractivity contribution < 1.29 is 19.1 Å². The lowest BCUT2D eigenvalue weighted by atomic mass is 10.0. The molecule has 0 aromatic heterocycles. The van der Waals surface area contributed by atoms with Gasteiger partial charge in [-0.1, -0.05) is 76.1 Å². The second-order valence-electron chi connectivity index (χ2n) is 8.00. The second kappa shape index (κ2) is 10.3. The number of thioether (sulfide) groups is 1. The van der Waals surface area contributed by atoms with Crippen LogP contribution >= 0.6 is 39.3 Å². The number of hydrogen-bond donors (Lipinski definition) is 0. The summed E-state index contributed by atoms with van der Waals surface area (Å²) >= 11 is 10.3. The number of hydrogen-bond acceptors (Lipinski definition) is 5. The highest BCUT2D eigenvalue weighted by atomic mass is 79.9. The van der Waals surface area contributed by atoms with E-state index in [1.165, 1.54) is 4.90 Å². The molecule has 0 atom stereocenters. The molecule has 1 heterocycles. The Bertz CT molecular complexity index is 1560. The molecule has 2 amide bonds. The standard InChI is InChI=1S/C28H17BrClNO4S/c29-20-11-12-24(35-27(33)23-10-4-7-18-6-1-2-9-22(18)23)19(14-20)15-25-26(32)31(28(34)36-25)16-17-5-3-8-21(30)13-17/h1-15H,16H2/b25-15-. The van der Waals surface area contributed by atoms with Gasteiger partial charge < -0.3 is 4.74 Å². The molecule has 0 saturated carbocycles. The predicted molar refractivity (Wildman–Crippen MR) is 146 cm³/mol. The maximum Gasteiger partial charge on any atom is 0.344 e. The van der Waals surface area contributed by atoms with Crippen molar-refractivity contribution in [3.63, 3.8) is 0 Å². The zero-order chi connectivity index (χ0) is 25.2. The van der Waals surface area contributed by atoms with E-state index in [1.807, 2.05) is 30.3 Å². The molecular weight excluding hydrogens is 562 g/mol. The van der Waals surface area contributed by atoms with Crippen LogP contribution in [0, 0.1) is 0 Å². The first kappa shape index (κ1) is 24.3. The minimum atomic E-state index is -0.516. The van der Waals surface area contributed by atoms with Gasteiger partial charge in [-0.15, -0.1) is 0 Å². The van der Waals surface area contributed by atoms with Crippen molar-refractivity contribution in [2.75, 3.05) is 0 Å². The van der Waals surface area contributed by atoms with E-state index in [-0.39, 0.29) is 22.4 Å². The van der Waals surface area contributed by atoms with Gasteiger partial charge in [0.05, 0.1) is 17.0 Å². The molecule has 0 radical (unpaired) electrons. The minimum absolute atomic E-state index is 0.115. The number of halogens is 2. The van der Waals surface area contributed by atoms with Crippen LogP contribution in [0.1, 0.15) is 21.5 Å². The lowest BCUT2D eigenvalue weighted by Crippen LogP contribution is -2.27. The Balaban J connectivity index is 1.43. The molecule has 8 heteroatoms. The maximum atomic E-state index is 13.1. The summed E-state index contributed by atoms with van der Waals surface area (Å²) in [6.45, 7) is 0.115. The second-order valence-corrected chi connectivity index (χ2v) is 10.3. The number of rotatable bonds is 5. The van der Waals surface area contributed by atoms with Crippen LogP contribution in [0.5, 0.6) is 5.75 Å². The van der Waals surface area contributed by atoms with E-state index in [4.69, 9.17) is 16.3 Å². The SMILES string of the molecule is O=C(Oc1ccc(Br)cc1/C=C1\SC(=O)N(Cc2cccc(Cl)c2)C1=O)c1cccc2ccccc12. The largest absolute Gasteiger partial charge is 0.422 e. The number of carbonyl (C=O) groups is 3. The number of benzene rings is 4. The Morgan fingerprint density at radius 1 is 0.972 bits per heavy atom. The Kier molecular flexibility index (Phi) is 6.96. The highest BCUT2D eigenvalue weighted by Gasteiger charge is 2.35. The van der Waals surface area contributed by atoms with E-state index >= 15 is 0 Å². The highest BCUT2D eigenvalue weighted by molar-refractivity contribution is 9.10. The molecule has 5 nitrogen and oxygen atoms in total. The fourth-order valence-electron chi connectivity index (χ4n) is 3.88.